The van der Waals surface area contributed by atoms with Crippen LogP contribution >= 0.6 is 11.8 Å². The Bertz CT molecular complexity index is 746. The van der Waals surface area contributed by atoms with E-state index in [1.54, 1.807) is 17.7 Å². The van der Waals surface area contributed by atoms with Gasteiger partial charge in [0.25, 0.3) is 5.69 Å². The van der Waals surface area contributed by atoms with Crippen LogP contribution in [0.5, 0.6) is 0 Å². The molecule has 0 radical (unpaired) electrons. The molecule has 0 aliphatic carbocycles. The molecule has 2 aromatic rings. The molecular formula is C14H18N6O3S. The van der Waals surface area contributed by atoms with Crippen molar-refractivity contribution in [3.8, 4) is 0 Å². The predicted octanol–water partition coefficient (Wildman–Crippen LogP) is 2.28. The molecule has 0 atom stereocenters. The first kappa shape index (κ1) is 17.9. The Morgan fingerprint density at radius 3 is 2.88 bits per heavy atom. The maximum atomic E-state index is 12.1. The average Bonchev–Trinajstić information content (AvgIpc) is 2.93. The topological polar surface area (TPSA) is 116 Å². The van der Waals surface area contributed by atoms with Gasteiger partial charge in [-0.05, 0) is 29.3 Å². The molecule has 0 spiro atoms. The SMILES string of the molecule is Cc1c(NC(=O)CSc2nnnn2CC(C)C)cccc1[N+](=O)[O-]. The van der Waals surface area contributed by atoms with E-state index < -0.39 is 4.92 Å². The lowest BCUT2D eigenvalue weighted by atomic mass is 10.1. The summed E-state index contributed by atoms with van der Waals surface area (Å²) in [4.78, 5) is 22.6. The van der Waals surface area contributed by atoms with Gasteiger partial charge in [0, 0.05) is 12.6 Å². The van der Waals surface area contributed by atoms with E-state index in [4.69, 9.17) is 0 Å². The van der Waals surface area contributed by atoms with Gasteiger partial charge >= 0.3 is 0 Å². The summed E-state index contributed by atoms with van der Waals surface area (Å²) in [7, 11) is 0. The number of carbonyl (C=O) groups excluding carboxylic acids is 1. The summed E-state index contributed by atoms with van der Waals surface area (Å²) in [6.45, 7) is 6.37. The maximum Gasteiger partial charge on any atom is 0.274 e. The van der Waals surface area contributed by atoms with Gasteiger partial charge in [-0.1, -0.05) is 31.7 Å². The number of carbonyl (C=O) groups is 1. The van der Waals surface area contributed by atoms with Crippen molar-refractivity contribution in [2.24, 2.45) is 5.92 Å². The van der Waals surface area contributed by atoms with Gasteiger partial charge in [0.1, 0.15) is 0 Å². The second-order valence-corrected chi connectivity index (χ2v) is 6.52. The summed E-state index contributed by atoms with van der Waals surface area (Å²) >= 11 is 1.22. The molecule has 0 unspecified atom stereocenters. The molecule has 1 heterocycles. The van der Waals surface area contributed by atoms with Crippen LogP contribution in [0.15, 0.2) is 23.4 Å². The minimum absolute atomic E-state index is 0.0265. The summed E-state index contributed by atoms with van der Waals surface area (Å²) in [5, 5.41) is 25.6. The van der Waals surface area contributed by atoms with Crippen LogP contribution in [-0.2, 0) is 11.3 Å². The van der Waals surface area contributed by atoms with Crippen molar-refractivity contribution in [1.29, 1.82) is 0 Å². The van der Waals surface area contributed by atoms with Gasteiger partial charge < -0.3 is 5.32 Å². The number of aromatic nitrogens is 4. The number of nitro benzene ring substituents is 1. The van der Waals surface area contributed by atoms with Crippen LogP contribution in [-0.4, -0.2) is 36.8 Å². The number of amides is 1. The van der Waals surface area contributed by atoms with Crippen LogP contribution in [0.3, 0.4) is 0 Å². The summed E-state index contributed by atoms with van der Waals surface area (Å²) in [6, 6.07) is 4.57. The highest BCUT2D eigenvalue weighted by Gasteiger charge is 2.16. The summed E-state index contributed by atoms with van der Waals surface area (Å²) in [5.74, 6) is 0.220. The van der Waals surface area contributed by atoms with Crippen molar-refractivity contribution < 1.29 is 9.72 Å². The molecule has 0 fully saturated rings. The van der Waals surface area contributed by atoms with E-state index in [1.807, 2.05) is 13.8 Å². The number of nitro groups is 1. The van der Waals surface area contributed by atoms with Crippen LogP contribution in [0.2, 0.25) is 0 Å². The van der Waals surface area contributed by atoms with Crippen molar-refractivity contribution in [1.82, 2.24) is 20.2 Å². The summed E-state index contributed by atoms with van der Waals surface area (Å²) < 4.78 is 1.65. The van der Waals surface area contributed by atoms with Crippen LogP contribution in [0, 0.1) is 23.0 Å². The number of thioether (sulfide) groups is 1. The van der Waals surface area contributed by atoms with E-state index in [0.717, 1.165) is 0 Å². The molecular weight excluding hydrogens is 332 g/mol. The molecule has 0 aliphatic rings. The smallest absolute Gasteiger partial charge is 0.274 e. The molecule has 9 nitrogen and oxygen atoms in total. The Morgan fingerprint density at radius 2 is 2.21 bits per heavy atom. The molecule has 0 saturated heterocycles. The second kappa shape index (κ2) is 7.86. The Hall–Kier alpha value is -2.49. The highest BCUT2D eigenvalue weighted by Crippen LogP contribution is 2.25. The molecule has 0 saturated carbocycles. The molecule has 24 heavy (non-hydrogen) atoms. The van der Waals surface area contributed by atoms with Gasteiger partial charge in [-0.3, -0.25) is 14.9 Å². The van der Waals surface area contributed by atoms with Crippen LogP contribution < -0.4 is 5.32 Å². The van der Waals surface area contributed by atoms with Crippen molar-refractivity contribution >= 4 is 29.0 Å². The Kier molecular flexibility index (Phi) is 5.85. The number of benzene rings is 1. The minimum atomic E-state index is -0.472. The second-order valence-electron chi connectivity index (χ2n) is 5.58. The quantitative estimate of drug-likeness (QED) is 0.462. The van der Waals surface area contributed by atoms with Crippen molar-refractivity contribution in [3.63, 3.8) is 0 Å². The fourth-order valence-corrected chi connectivity index (χ4v) is 2.72. The van der Waals surface area contributed by atoms with Gasteiger partial charge in [0.15, 0.2) is 0 Å². The Balaban J connectivity index is 1.99. The molecule has 1 aromatic carbocycles. The first-order chi connectivity index (χ1) is 11.4. The zero-order chi connectivity index (χ0) is 17.7. The number of hydrogen-bond donors (Lipinski definition) is 1. The van der Waals surface area contributed by atoms with Crippen LogP contribution in [0.1, 0.15) is 19.4 Å². The fraction of sp³-hybridized carbons (Fsp3) is 0.429. The Labute approximate surface area is 143 Å². The van der Waals surface area contributed by atoms with Crippen molar-refractivity contribution in [2.75, 3.05) is 11.1 Å². The number of rotatable bonds is 7. The molecule has 0 aliphatic heterocycles. The average molecular weight is 350 g/mol. The monoisotopic (exact) mass is 350 g/mol. The molecule has 0 bridgehead atoms. The van der Waals surface area contributed by atoms with Gasteiger partial charge in [-0.2, -0.15) is 0 Å². The molecule has 128 valence electrons. The fourth-order valence-electron chi connectivity index (χ4n) is 2.03. The van der Waals surface area contributed by atoms with E-state index >= 15 is 0 Å². The largest absolute Gasteiger partial charge is 0.325 e. The summed E-state index contributed by atoms with van der Waals surface area (Å²) in [5.41, 5.74) is 0.823. The molecule has 1 amide bonds. The molecule has 2 rings (SSSR count). The zero-order valence-corrected chi connectivity index (χ0v) is 14.4. The highest BCUT2D eigenvalue weighted by molar-refractivity contribution is 7.99. The molecule has 10 heteroatoms. The van der Waals surface area contributed by atoms with E-state index in [1.165, 1.54) is 23.9 Å². The van der Waals surface area contributed by atoms with E-state index in [0.29, 0.717) is 28.9 Å². The lowest BCUT2D eigenvalue weighted by Gasteiger charge is -2.09. The Morgan fingerprint density at radius 1 is 1.46 bits per heavy atom. The van der Waals surface area contributed by atoms with E-state index in [2.05, 4.69) is 20.8 Å². The van der Waals surface area contributed by atoms with Crippen molar-refractivity contribution in [3.05, 3.63) is 33.9 Å². The van der Waals surface area contributed by atoms with Crippen molar-refractivity contribution in [2.45, 2.75) is 32.5 Å². The first-order valence-electron chi connectivity index (χ1n) is 7.31. The molecule has 1 aromatic heterocycles. The number of nitrogens with one attached hydrogen (secondary N) is 1. The van der Waals surface area contributed by atoms with Gasteiger partial charge in [-0.25, -0.2) is 4.68 Å². The number of tetrazole rings is 1. The first-order valence-corrected chi connectivity index (χ1v) is 8.30. The number of anilines is 1. The normalized spacial score (nSPS) is 10.8. The third-order valence-corrected chi connectivity index (χ3v) is 4.10. The van der Waals surface area contributed by atoms with Gasteiger partial charge in [0.2, 0.25) is 11.1 Å². The summed E-state index contributed by atoms with van der Waals surface area (Å²) in [6.07, 6.45) is 0. The lowest BCUT2D eigenvalue weighted by molar-refractivity contribution is -0.385. The predicted molar refractivity (Wildman–Crippen MR) is 89.8 cm³/mol. The third kappa shape index (κ3) is 4.51. The highest BCUT2D eigenvalue weighted by atomic mass is 32.2. The number of hydrogen-bond acceptors (Lipinski definition) is 7. The third-order valence-electron chi connectivity index (χ3n) is 3.15. The van der Waals surface area contributed by atoms with E-state index in [9.17, 15) is 14.9 Å². The van der Waals surface area contributed by atoms with Gasteiger partial charge in [0.05, 0.1) is 21.9 Å². The standard InChI is InChI=1S/C14H18N6O3S/c1-9(2)7-19-14(16-17-18-19)24-8-13(21)15-11-5-4-6-12(10(11)3)20(22)23/h4-6,9H,7-8H2,1-3H3,(H,15,21). The van der Waals surface area contributed by atoms with Crippen LogP contribution in [0.25, 0.3) is 0 Å². The maximum absolute atomic E-state index is 12.1. The van der Waals surface area contributed by atoms with Crippen LogP contribution in [0.4, 0.5) is 11.4 Å². The van der Waals surface area contributed by atoms with Gasteiger partial charge in [-0.15, -0.1) is 5.10 Å². The lowest BCUT2D eigenvalue weighted by Crippen LogP contribution is -2.16. The minimum Gasteiger partial charge on any atom is -0.325 e. The molecule has 1 N–H and O–H groups in total. The number of nitrogens with zero attached hydrogens (tertiary/aromatic N) is 5. The van der Waals surface area contributed by atoms with E-state index in [-0.39, 0.29) is 17.3 Å². The zero-order valence-electron chi connectivity index (χ0n) is 13.6.